The third kappa shape index (κ3) is 7.65. The van der Waals surface area contributed by atoms with Gasteiger partial charge in [0.15, 0.2) is 5.13 Å². The van der Waals surface area contributed by atoms with Crippen molar-refractivity contribution in [3.63, 3.8) is 0 Å². The zero-order chi connectivity index (χ0) is 15.7. The lowest BCUT2D eigenvalue weighted by molar-refractivity contribution is -0.137. The Morgan fingerprint density at radius 2 is 2.14 bits per heavy atom. The molecule has 1 atom stereocenters. The van der Waals surface area contributed by atoms with Crippen molar-refractivity contribution in [1.29, 1.82) is 0 Å². The number of rotatable bonds is 9. The second-order valence-corrected chi connectivity index (χ2v) is 5.91. The van der Waals surface area contributed by atoms with Crippen LogP contribution in [0.4, 0.5) is 9.93 Å². The van der Waals surface area contributed by atoms with Crippen LogP contribution in [0.3, 0.4) is 0 Å². The first-order valence-electron chi connectivity index (χ1n) is 7.20. The summed E-state index contributed by atoms with van der Waals surface area (Å²) in [7, 11) is 0. The van der Waals surface area contributed by atoms with Gasteiger partial charge >= 0.3 is 12.0 Å². The van der Waals surface area contributed by atoms with Gasteiger partial charge in [-0.25, -0.2) is 9.78 Å². The molecule has 3 N–H and O–H groups in total. The Morgan fingerprint density at radius 1 is 1.38 bits per heavy atom. The summed E-state index contributed by atoms with van der Waals surface area (Å²) in [6.45, 7) is 4.50. The smallest absolute Gasteiger partial charge is 0.321 e. The van der Waals surface area contributed by atoms with Crippen molar-refractivity contribution in [2.75, 3.05) is 11.9 Å². The number of thiazole rings is 1. The molecule has 6 nitrogen and oxygen atoms in total. The Labute approximate surface area is 129 Å². The van der Waals surface area contributed by atoms with Crippen LogP contribution in [-0.2, 0) is 4.79 Å². The second kappa shape index (κ2) is 9.33. The molecule has 0 aliphatic rings. The average Bonchev–Trinajstić information content (AvgIpc) is 2.81. The summed E-state index contributed by atoms with van der Waals surface area (Å²) in [6.07, 6.45) is 3.66. The summed E-state index contributed by atoms with van der Waals surface area (Å²) in [4.78, 5) is 26.4. The monoisotopic (exact) mass is 313 g/mol. The standard InChI is InChI=1S/C14H23N3O3S/c1-3-4-11(5-6-12(18)19)7-8-15-13(20)17-14-16-10(2)9-21-14/h9,11H,3-8H2,1-2H3,(H,18,19)(H2,15,16,17,20). The predicted octanol–water partition coefficient (Wildman–Crippen LogP) is 3.24. The van der Waals surface area contributed by atoms with E-state index in [1.54, 1.807) is 0 Å². The Kier molecular flexibility index (Phi) is 7.74. The SMILES string of the molecule is CCCC(CCNC(=O)Nc1nc(C)cs1)CCC(=O)O. The van der Waals surface area contributed by atoms with E-state index < -0.39 is 5.97 Å². The second-order valence-electron chi connectivity index (χ2n) is 5.05. The lowest BCUT2D eigenvalue weighted by Gasteiger charge is -2.15. The van der Waals surface area contributed by atoms with Gasteiger partial charge in [0.2, 0.25) is 0 Å². The molecule has 21 heavy (non-hydrogen) atoms. The van der Waals surface area contributed by atoms with Gasteiger partial charge in [0.1, 0.15) is 0 Å². The van der Waals surface area contributed by atoms with Crippen molar-refractivity contribution in [2.24, 2.45) is 5.92 Å². The summed E-state index contributed by atoms with van der Waals surface area (Å²) in [5.41, 5.74) is 0.881. The molecule has 0 bridgehead atoms. The highest BCUT2D eigenvalue weighted by Gasteiger charge is 2.11. The maximum absolute atomic E-state index is 11.7. The molecule has 0 saturated heterocycles. The number of carbonyl (C=O) groups excluding carboxylic acids is 1. The number of aromatic nitrogens is 1. The number of anilines is 1. The van der Waals surface area contributed by atoms with E-state index in [9.17, 15) is 9.59 Å². The Hall–Kier alpha value is -1.63. The van der Waals surface area contributed by atoms with E-state index in [1.807, 2.05) is 12.3 Å². The predicted molar refractivity (Wildman–Crippen MR) is 83.8 cm³/mol. The number of carboxylic acid groups (broad SMARTS) is 1. The highest BCUT2D eigenvalue weighted by atomic mass is 32.1. The van der Waals surface area contributed by atoms with Crippen LogP contribution in [-0.4, -0.2) is 28.6 Å². The molecule has 0 aliphatic carbocycles. The minimum atomic E-state index is -0.763. The largest absolute Gasteiger partial charge is 0.481 e. The molecule has 2 amide bonds. The number of amides is 2. The van der Waals surface area contributed by atoms with Crippen LogP contribution < -0.4 is 10.6 Å². The maximum Gasteiger partial charge on any atom is 0.321 e. The minimum absolute atomic E-state index is 0.190. The summed E-state index contributed by atoms with van der Waals surface area (Å²) in [6, 6.07) is -0.266. The van der Waals surface area contributed by atoms with Crippen molar-refractivity contribution < 1.29 is 14.7 Å². The number of hydrogen-bond acceptors (Lipinski definition) is 4. The van der Waals surface area contributed by atoms with E-state index in [-0.39, 0.29) is 12.5 Å². The highest BCUT2D eigenvalue weighted by molar-refractivity contribution is 7.13. The van der Waals surface area contributed by atoms with Crippen LogP contribution in [0.2, 0.25) is 0 Å². The van der Waals surface area contributed by atoms with Gasteiger partial charge in [0, 0.05) is 18.3 Å². The number of nitrogens with one attached hydrogen (secondary N) is 2. The van der Waals surface area contributed by atoms with Gasteiger partial charge in [-0.1, -0.05) is 19.8 Å². The molecule has 118 valence electrons. The van der Waals surface area contributed by atoms with Gasteiger partial charge in [-0.2, -0.15) is 0 Å². The van der Waals surface area contributed by atoms with Crippen molar-refractivity contribution >= 4 is 28.5 Å². The van der Waals surface area contributed by atoms with Crippen molar-refractivity contribution in [1.82, 2.24) is 10.3 Å². The minimum Gasteiger partial charge on any atom is -0.481 e. The van der Waals surface area contributed by atoms with Crippen molar-refractivity contribution in [3.05, 3.63) is 11.1 Å². The third-order valence-electron chi connectivity index (χ3n) is 3.14. The molecule has 1 rings (SSSR count). The Bertz CT molecular complexity index is 462. The van der Waals surface area contributed by atoms with E-state index in [1.165, 1.54) is 11.3 Å². The van der Waals surface area contributed by atoms with Crippen LogP contribution in [0.5, 0.6) is 0 Å². The lowest BCUT2D eigenvalue weighted by atomic mass is 9.94. The van der Waals surface area contributed by atoms with Gasteiger partial charge < -0.3 is 10.4 Å². The number of carboxylic acids is 1. The van der Waals surface area contributed by atoms with Gasteiger partial charge in [0.25, 0.3) is 0 Å². The molecule has 1 heterocycles. The summed E-state index contributed by atoms with van der Waals surface area (Å²) in [5.74, 6) is -0.422. The zero-order valence-corrected chi connectivity index (χ0v) is 13.3. The quantitative estimate of drug-likeness (QED) is 0.652. The Balaban J connectivity index is 2.25. The number of hydrogen-bond donors (Lipinski definition) is 3. The molecule has 7 heteroatoms. The molecule has 1 unspecified atom stereocenters. The number of carbonyl (C=O) groups is 2. The van der Waals surface area contributed by atoms with Crippen LogP contribution in [0.25, 0.3) is 0 Å². The van der Waals surface area contributed by atoms with E-state index in [0.717, 1.165) is 25.0 Å². The van der Waals surface area contributed by atoms with E-state index in [4.69, 9.17) is 5.11 Å². The van der Waals surface area contributed by atoms with Crippen LogP contribution in [0.15, 0.2) is 5.38 Å². The third-order valence-corrected chi connectivity index (χ3v) is 4.02. The topological polar surface area (TPSA) is 91.3 Å². The first kappa shape index (κ1) is 17.4. The summed E-state index contributed by atoms with van der Waals surface area (Å²) in [5, 5.41) is 16.7. The molecular formula is C14H23N3O3S. The van der Waals surface area contributed by atoms with Gasteiger partial charge in [-0.3, -0.25) is 10.1 Å². The molecule has 0 radical (unpaired) electrons. The fourth-order valence-electron chi connectivity index (χ4n) is 2.11. The summed E-state index contributed by atoms with van der Waals surface area (Å²) >= 11 is 1.39. The molecule has 0 saturated carbocycles. The van der Waals surface area contributed by atoms with Gasteiger partial charge in [-0.15, -0.1) is 11.3 Å². The number of aliphatic carboxylic acids is 1. The van der Waals surface area contributed by atoms with Crippen LogP contribution in [0.1, 0.15) is 44.7 Å². The zero-order valence-electron chi connectivity index (χ0n) is 12.5. The van der Waals surface area contributed by atoms with Gasteiger partial charge in [-0.05, 0) is 25.7 Å². The van der Waals surface area contributed by atoms with Crippen molar-refractivity contribution in [2.45, 2.75) is 46.0 Å². The molecule has 1 aromatic rings. The maximum atomic E-state index is 11.7. The first-order valence-corrected chi connectivity index (χ1v) is 8.08. The number of aryl methyl sites for hydroxylation is 1. The highest BCUT2D eigenvalue weighted by Crippen LogP contribution is 2.17. The number of urea groups is 1. The molecule has 0 fully saturated rings. The average molecular weight is 313 g/mol. The van der Waals surface area contributed by atoms with Crippen LogP contribution >= 0.6 is 11.3 Å². The van der Waals surface area contributed by atoms with Crippen LogP contribution in [0, 0.1) is 12.8 Å². The fourth-order valence-corrected chi connectivity index (χ4v) is 2.79. The van der Waals surface area contributed by atoms with E-state index in [0.29, 0.717) is 24.0 Å². The Morgan fingerprint density at radius 3 is 2.71 bits per heavy atom. The summed E-state index contributed by atoms with van der Waals surface area (Å²) < 4.78 is 0. The molecule has 0 aliphatic heterocycles. The van der Waals surface area contributed by atoms with E-state index >= 15 is 0 Å². The molecule has 1 aromatic heterocycles. The fraction of sp³-hybridized carbons (Fsp3) is 0.643. The molecular weight excluding hydrogens is 290 g/mol. The first-order chi connectivity index (χ1) is 10.0. The normalized spacial score (nSPS) is 11.9. The number of nitrogens with zero attached hydrogens (tertiary/aromatic N) is 1. The van der Waals surface area contributed by atoms with Gasteiger partial charge in [0.05, 0.1) is 5.69 Å². The lowest BCUT2D eigenvalue weighted by Crippen LogP contribution is -2.30. The molecule has 0 aromatic carbocycles. The molecule has 0 spiro atoms. The van der Waals surface area contributed by atoms with E-state index in [2.05, 4.69) is 22.5 Å². The van der Waals surface area contributed by atoms with Crippen molar-refractivity contribution in [3.8, 4) is 0 Å².